The zero-order valence-corrected chi connectivity index (χ0v) is 12.1. The molecule has 0 fully saturated rings. The minimum absolute atomic E-state index is 0.132. The lowest BCUT2D eigenvalue weighted by Gasteiger charge is -2.11. The van der Waals surface area contributed by atoms with Gasteiger partial charge in [-0.05, 0) is 18.6 Å². The Labute approximate surface area is 119 Å². The summed E-state index contributed by atoms with van der Waals surface area (Å²) in [6, 6.07) is 6.02. The van der Waals surface area contributed by atoms with E-state index < -0.39 is 17.0 Å². The lowest BCUT2D eigenvalue weighted by Crippen LogP contribution is -2.00. The molecule has 0 bridgehead atoms. The summed E-state index contributed by atoms with van der Waals surface area (Å²) in [5, 5.41) is -0.823. The van der Waals surface area contributed by atoms with Gasteiger partial charge in [0.05, 0.1) is 12.5 Å². The van der Waals surface area contributed by atoms with Crippen LogP contribution in [0.4, 0.5) is 8.78 Å². The number of aryl methyl sites for hydroxylation is 1. The molecule has 5 heteroatoms. The summed E-state index contributed by atoms with van der Waals surface area (Å²) < 4.78 is 32.7. The van der Waals surface area contributed by atoms with Crippen LogP contribution < -0.4 is 4.74 Å². The average molecular weight is 303 g/mol. The Hall–Kier alpha value is -1.13. The molecule has 0 saturated carbocycles. The number of hydrogen-bond donors (Lipinski definition) is 0. The molecular formula is C14H13ClF2OS. The van der Waals surface area contributed by atoms with Crippen molar-refractivity contribution in [2.75, 3.05) is 7.11 Å². The van der Waals surface area contributed by atoms with Crippen molar-refractivity contribution in [3.63, 3.8) is 0 Å². The highest BCUT2D eigenvalue weighted by atomic mass is 35.5. The molecule has 102 valence electrons. The molecule has 1 unspecified atom stereocenters. The molecule has 2 aromatic rings. The zero-order chi connectivity index (χ0) is 14.0. The minimum atomic E-state index is -0.823. The van der Waals surface area contributed by atoms with Crippen LogP contribution >= 0.6 is 22.9 Å². The summed E-state index contributed by atoms with van der Waals surface area (Å²) in [5.74, 6) is -1.24. The van der Waals surface area contributed by atoms with Crippen molar-refractivity contribution in [3.05, 3.63) is 51.2 Å². The molecule has 0 aliphatic rings. The Bertz CT molecular complexity index is 560. The lowest BCUT2D eigenvalue weighted by atomic mass is 10.1. The van der Waals surface area contributed by atoms with Gasteiger partial charge in [-0.1, -0.05) is 6.92 Å². The van der Waals surface area contributed by atoms with Gasteiger partial charge in [-0.2, -0.15) is 0 Å². The topological polar surface area (TPSA) is 9.23 Å². The van der Waals surface area contributed by atoms with Crippen LogP contribution in [0.15, 0.2) is 24.3 Å². The fourth-order valence-electron chi connectivity index (χ4n) is 1.78. The van der Waals surface area contributed by atoms with Crippen LogP contribution in [0, 0.1) is 11.6 Å². The van der Waals surface area contributed by atoms with E-state index >= 15 is 0 Å². The van der Waals surface area contributed by atoms with Crippen LogP contribution in [0.5, 0.6) is 5.75 Å². The maximum atomic E-state index is 13.9. The highest BCUT2D eigenvalue weighted by Crippen LogP contribution is 2.37. The van der Waals surface area contributed by atoms with Crippen molar-refractivity contribution in [2.45, 2.75) is 18.7 Å². The van der Waals surface area contributed by atoms with Crippen LogP contribution in [0.25, 0.3) is 0 Å². The quantitative estimate of drug-likeness (QED) is 0.728. The lowest BCUT2D eigenvalue weighted by molar-refractivity contribution is 0.405. The normalized spacial score (nSPS) is 12.5. The van der Waals surface area contributed by atoms with Gasteiger partial charge in [-0.25, -0.2) is 8.78 Å². The predicted molar refractivity (Wildman–Crippen MR) is 74.3 cm³/mol. The Kier molecular flexibility index (Phi) is 4.42. The molecule has 19 heavy (non-hydrogen) atoms. The van der Waals surface area contributed by atoms with E-state index in [0.717, 1.165) is 28.3 Å². The van der Waals surface area contributed by atoms with E-state index in [1.807, 2.05) is 19.1 Å². The van der Waals surface area contributed by atoms with E-state index in [-0.39, 0.29) is 11.3 Å². The molecule has 1 aromatic carbocycles. The van der Waals surface area contributed by atoms with Gasteiger partial charge < -0.3 is 4.74 Å². The third-order valence-corrected chi connectivity index (χ3v) is 4.70. The van der Waals surface area contributed by atoms with Crippen molar-refractivity contribution in [2.24, 2.45) is 0 Å². The number of methoxy groups -OCH3 is 1. The van der Waals surface area contributed by atoms with Gasteiger partial charge >= 0.3 is 0 Å². The van der Waals surface area contributed by atoms with E-state index in [2.05, 4.69) is 0 Å². The summed E-state index contributed by atoms with van der Waals surface area (Å²) in [6.45, 7) is 2.02. The first-order valence-corrected chi connectivity index (χ1v) is 7.07. The number of benzene rings is 1. The number of halogens is 3. The van der Waals surface area contributed by atoms with Crippen molar-refractivity contribution >= 4 is 22.9 Å². The second kappa shape index (κ2) is 5.88. The Balaban J connectivity index is 2.40. The Morgan fingerprint density at radius 3 is 2.37 bits per heavy atom. The smallest absolute Gasteiger partial charge is 0.134 e. The monoisotopic (exact) mass is 302 g/mol. The average Bonchev–Trinajstić information content (AvgIpc) is 2.86. The van der Waals surface area contributed by atoms with Crippen LogP contribution in [-0.4, -0.2) is 7.11 Å². The molecule has 0 amide bonds. The fraction of sp³-hybridized carbons (Fsp3) is 0.286. The van der Waals surface area contributed by atoms with Crippen molar-refractivity contribution < 1.29 is 13.5 Å². The number of hydrogen-bond acceptors (Lipinski definition) is 2. The zero-order valence-electron chi connectivity index (χ0n) is 10.5. The first-order chi connectivity index (χ1) is 9.06. The molecule has 0 radical (unpaired) electrons. The number of thiophene rings is 1. The number of alkyl halides is 1. The third-order valence-electron chi connectivity index (χ3n) is 2.82. The highest BCUT2D eigenvalue weighted by molar-refractivity contribution is 7.12. The van der Waals surface area contributed by atoms with Crippen LogP contribution in [0.3, 0.4) is 0 Å². The molecule has 0 aliphatic carbocycles. The second-order valence-corrected chi connectivity index (χ2v) is 5.66. The molecular weight excluding hydrogens is 290 g/mol. The number of rotatable bonds is 4. The summed E-state index contributed by atoms with van der Waals surface area (Å²) in [5.41, 5.74) is -0.132. The summed E-state index contributed by atoms with van der Waals surface area (Å²) in [6.07, 6.45) is 0.877. The molecule has 1 atom stereocenters. The van der Waals surface area contributed by atoms with E-state index in [1.165, 1.54) is 18.4 Å². The minimum Gasteiger partial charge on any atom is -0.497 e. The maximum absolute atomic E-state index is 13.9. The largest absolute Gasteiger partial charge is 0.497 e. The van der Waals surface area contributed by atoms with Crippen molar-refractivity contribution in [1.29, 1.82) is 0 Å². The molecule has 1 heterocycles. The van der Waals surface area contributed by atoms with E-state index in [4.69, 9.17) is 16.3 Å². The SMILES string of the molecule is CCc1ccc(C(Cl)c2c(F)cc(OC)cc2F)s1. The molecule has 0 saturated heterocycles. The molecule has 1 aromatic heterocycles. The van der Waals surface area contributed by atoms with Crippen LogP contribution in [0.1, 0.15) is 27.6 Å². The predicted octanol–water partition coefficient (Wildman–Crippen LogP) is 4.93. The molecule has 1 nitrogen and oxygen atoms in total. The first kappa shape index (κ1) is 14.3. The van der Waals surface area contributed by atoms with Gasteiger partial charge in [-0.3, -0.25) is 0 Å². The molecule has 0 N–H and O–H groups in total. The Morgan fingerprint density at radius 1 is 1.26 bits per heavy atom. The fourth-order valence-corrected chi connectivity index (χ4v) is 3.14. The van der Waals surface area contributed by atoms with Gasteiger partial charge in [0.2, 0.25) is 0 Å². The third kappa shape index (κ3) is 2.90. The molecule has 0 spiro atoms. The molecule has 0 aliphatic heterocycles. The summed E-state index contributed by atoms with van der Waals surface area (Å²) in [7, 11) is 1.36. The van der Waals surface area contributed by atoms with Gasteiger partial charge in [0.25, 0.3) is 0 Å². The number of ether oxygens (including phenoxy) is 1. The van der Waals surface area contributed by atoms with Crippen molar-refractivity contribution in [1.82, 2.24) is 0 Å². The van der Waals surface area contributed by atoms with Crippen LogP contribution in [-0.2, 0) is 6.42 Å². The van der Waals surface area contributed by atoms with E-state index in [1.54, 1.807) is 0 Å². The van der Waals surface area contributed by atoms with E-state index in [0.29, 0.717) is 0 Å². The second-order valence-electron chi connectivity index (χ2n) is 4.02. The van der Waals surface area contributed by atoms with Crippen molar-refractivity contribution in [3.8, 4) is 5.75 Å². The molecule has 2 rings (SSSR count). The summed E-state index contributed by atoms with van der Waals surface area (Å²) in [4.78, 5) is 1.87. The first-order valence-electron chi connectivity index (χ1n) is 5.82. The van der Waals surface area contributed by atoms with Crippen LogP contribution in [0.2, 0.25) is 0 Å². The highest BCUT2D eigenvalue weighted by Gasteiger charge is 2.22. The van der Waals surface area contributed by atoms with Gasteiger partial charge in [-0.15, -0.1) is 22.9 Å². The van der Waals surface area contributed by atoms with Gasteiger partial charge in [0.1, 0.15) is 17.4 Å². The standard InChI is InChI=1S/C14H13ClF2OS/c1-3-9-4-5-12(19-9)14(15)13-10(16)6-8(18-2)7-11(13)17/h4-7,14H,3H2,1-2H3. The summed E-state index contributed by atoms with van der Waals surface area (Å²) >= 11 is 7.66. The van der Waals surface area contributed by atoms with Gasteiger partial charge in [0, 0.05) is 27.5 Å². The Morgan fingerprint density at radius 2 is 1.89 bits per heavy atom. The van der Waals surface area contributed by atoms with E-state index in [9.17, 15) is 8.78 Å². The maximum Gasteiger partial charge on any atom is 0.134 e. The van der Waals surface area contributed by atoms with Gasteiger partial charge in [0.15, 0.2) is 0 Å².